The van der Waals surface area contributed by atoms with Gasteiger partial charge < -0.3 is 9.47 Å². The summed E-state index contributed by atoms with van der Waals surface area (Å²) in [6.45, 7) is 0.485. The zero-order valence-corrected chi connectivity index (χ0v) is 18.9. The minimum Gasteiger partial charge on any atom is -0.489 e. The Morgan fingerprint density at radius 2 is 0.889 bits per heavy atom. The number of nitro benzene ring substituents is 2. The molecule has 0 saturated carbocycles. The second-order valence-corrected chi connectivity index (χ2v) is 7.80. The lowest BCUT2D eigenvalue weighted by molar-refractivity contribution is -0.385. The summed E-state index contributed by atoms with van der Waals surface area (Å²) < 4.78 is 11.4. The highest BCUT2D eigenvalue weighted by molar-refractivity contribution is 6.09. The van der Waals surface area contributed by atoms with Crippen molar-refractivity contribution in [2.75, 3.05) is 0 Å². The molecule has 0 heterocycles. The van der Waals surface area contributed by atoms with Gasteiger partial charge in [0.2, 0.25) is 0 Å². The van der Waals surface area contributed by atoms with Gasteiger partial charge in [-0.05, 0) is 83.9 Å². The molecule has 4 aromatic carbocycles. The van der Waals surface area contributed by atoms with Crippen molar-refractivity contribution in [1.29, 1.82) is 0 Å². The van der Waals surface area contributed by atoms with E-state index in [2.05, 4.69) is 0 Å². The van der Waals surface area contributed by atoms with Crippen LogP contribution < -0.4 is 9.47 Å². The largest absolute Gasteiger partial charge is 0.489 e. The topological polar surface area (TPSA) is 122 Å². The molecule has 4 aromatic rings. The van der Waals surface area contributed by atoms with E-state index in [1.54, 1.807) is 72.8 Å². The fourth-order valence-corrected chi connectivity index (χ4v) is 3.33. The molecule has 0 radical (unpaired) electrons. The minimum atomic E-state index is -0.455. The van der Waals surface area contributed by atoms with Gasteiger partial charge in [0.05, 0.1) is 9.85 Å². The summed E-state index contributed by atoms with van der Waals surface area (Å²) in [5, 5.41) is 21.5. The van der Waals surface area contributed by atoms with E-state index in [-0.39, 0.29) is 30.4 Å². The SMILES string of the molecule is O=C(c1ccc(OCc2ccc([N+](=O)[O-])cc2)cc1)c1ccc(OCc2ccc([N+](=O)[O-])cc2)cc1. The van der Waals surface area contributed by atoms with Gasteiger partial charge in [-0.1, -0.05) is 0 Å². The van der Waals surface area contributed by atoms with Crippen LogP contribution in [0.3, 0.4) is 0 Å². The van der Waals surface area contributed by atoms with E-state index in [9.17, 15) is 25.0 Å². The van der Waals surface area contributed by atoms with Gasteiger partial charge >= 0.3 is 0 Å². The molecule has 0 atom stereocenters. The third kappa shape index (κ3) is 6.09. The highest BCUT2D eigenvalue weighted by Crippen LogP contribution is 2.21. The van der Waals surface area contributed by atoms with Crippen molar-refractivity contribution in [3.05, 3.63) is 140 Å². The first kappa shape index (κ1) is 24.1. The molecule has 0 bridgehead atoms. The van der Waals surface area contributed by atoms with Gasteiger partial charge in [-0.2, -0.15) is 0 Å². The first-order valence-electron chi connectivity index (χ1n) is 10.9. The lowest BCUT2D eigenvalue weighted by Crippen LogP contribution is -2.02. The summed E-state index contributed by atoms with van der Waals surface area (Å²) in [4.78, 5) is 33.4. The van der Waals surface area contributed by atoms with Crippen LogP contribution in [-0.4, -0.2) is 15.6 Å². The van der Waals surface area contributed by atoms with E-state index in [4.69, 9.17) is 9.47 Å². The van der Waals surface area contributed by atoms with Gasteiger partial charge in [-0.3, -0.25) is 25.0 Å². The summed E-state index contributed by atoms with van der Waals surface area (Å²) in [6.07, 6.45) is 0. The van der Waals surface area contributed by atoms with E-state index in [1.807, 2.05) is 0 Å². The third-order valence-corrected chi connectivity index (χ3v) is 5.34. The second kappa shape index (κ2) is 10.9. The second-order valence-electron chi connectivity index (χ2n) is 7.80. The average molecular weight is 484 g/mol. The molecule has 0 amide bonds. The van der Waals surface area contributed by atoms with E-state index in [0.29, 0.717) is 22.6 Å². The summed E-state index contributed by atoms with van der Waals surface area (Å²) in [5.41, 5.74) is 2.61. The lowest BCUT2D eigenvalue weighted by atomic mass is 10.0. The number of carbonyl (C=O) groups excluding carboxylic acids is 1. The van der Waals surface area contributed by atoms with E-state index in [0.717, 1.165) is 11.1 Å². The lowest BCUT2D eigenvalue weighted by Gasteiger charge is -2.09. The maximum Gasteiger partial charge on any atom is 0.269 e. The molecule has 0 saturated heterocycles. The number of nitrogens with zero attached hydrogens (tertiary/aromatic N) is 2. The molecule has 0 aliphatic heterocycles. The van der Waals surface area contributed by atoms with Crippen molar-refractivity contribution >= 4 is 17.2 Å². The molecule has 0 fully saturated rings. The molecule has 4 rings (SSSR count). The van der Waals surface area contributed by atoms with Crippen LogP contribution in [-0.2, 0) is 13.2 Å². The molecule has 0 aliphatic rings. The highest BCUT2D eigenvalue weighted by Gasteiger charge is 2.10. The normalized spacial score (nSPS) is 10.4. The van der Waals surface area contributed by atoms with Gasteiger partial charge in [-0.25, -0.2) is 0 Å². The predicted octanol–water partition coefficient (Wildman–Crippen LogP) is 5.89. The highest BCUT2D eigenvalue weighted by atomic mass is 16.6. The monoisotopic (exact) mass is 484 g/mol. The van der Waals surface area contributed by atoms with E-state index in [1.165, 1.54) is 24.3 Å². The standard InChI is InChI=1S/C27H20N2O7/c30-27(21-5-13-25(14-6-21)35-17-19-1-9-23(10-2-19)28(31)32)22-7-15-26(16-8-22)36-18-20-3-11-24(12-4-20)29(33)34/h1-16H,17-18H2. The number of carbonyl (C=O) groups is 1. The summed E-state index contributed by atoms with van der Waals surface area (Å²) in [7, 11) is 0. The molecule has 9 heteroatoms. The van der Waals surface area contributed by atoms with Crippen molar-refractivity contribution in [3.63, 3.8) is 0 Å². The molecule has 180 valence electrons. The maximum absolute atomic E-state index is 12.8. The van der Waals surface area contributed by atoms with Crippen LogP contribution in [0.15, 0.2) is 97.1 Å². The van der Waals surface area contributed by atoms with E-state index < -0.39 is 9.85 Å². The minimum absolute atomic E-state index is 0.0192. The Kier molecular flexibility index (Phi) is 7.30. The molecule has 0 spiro atoms. The van der Waals surface area contributed by atoms with Gasteiger partial charge in [-0.15, -0.1) is 0 Å². The van der Waals surface area contributed by atoms with Crippen molar-refractivity contribution < 1.29 is 24.1 Å². The smallest absolute Gasteiger partial charge is 0.269 e. The van der Waals surface area contributed by atoms with Gasteiger partial charge in [0.1, 0.15) is 24.7 Å². The zero-order chi connectivity index (χ0) is 25.5. The first-order valence-corrected chi connectivity index (χ1v) is 10.9. The Labute approximate surface area is 205 Å². The number of ether oxygens (including phenoxy) is 2. The van der Waals surface area contributed by atoms with Crippen molar-refractivity contribution in [2.24, 2.45) is 0 Å². The third-order valence-electron chi connectivity index (χ3n) is 5.34. The van der Waals surface area contributed by atoms with Gasteiger partial charge in [0.15, 0.2) is 5.78 Å². The van der Waals surface area contributed by atoms with Crippen LogP contribution in [0.5, 0.6) is 11.5 Å². The number of hydrogen-bond acceptors (Lipinski definition) is 7. The molecular weight excluding hydrogens is 464 g/mol. The van der Waals surface area contributed by atoms with Crippen LogP contribution in [0.1, 0.15) is 27.0 Å². The first-order chi connectivity index (χ1) is 17.4. The van der Waals surface area contributed by atoms with Gasteiger partial charge in [0, 0.05) is 35.4 Å². The Morgan fingerprint density at radius 1 is 0.556 bits per heavy atom. The Balaban J connectivity index is 1.30. The molecule has 9 nitrogen and oxygen atoms in total. The fraction of sp³-hybridized carbons (Fsp3) is 0.0741. The Bertz CT molecular complexity index is 1260. The molecular formula is C27H20N2O7. The Morgan fingerprint density at radius 3 is 1.19 bits per heavy atom. The number of hydrogen-bond donors (Lipinski definition) is 0. The van der Waals surface area contributed by atoms with Crippen LogP contribution in [0, 0.1) is 20.2 Å². The van der Waals surface area contributed by atoms with Gasteiger partial charge in [0.25, 0.3) is 11.4 Å². The van der Waals surface area contributed by atoms with Crippen LogP contribution in [0.2, 0.25) is 0 Å². The molecule has 0 aliphatic carbocycles. The van der Waals surface area contributed by atoms with Crippen LogP contribution in [0.25, 0.3) is 0 Å². The molecule has 0 aromatic heterocycles. The number of non-ortho nitro benzene ring substituents is 2. The molecule has 0 unspecified atom stereocenters. The molecule has 36 heavy (non-hydrogen) atoms. The van der Waals surface area contributed by atoms with Crippen LogP contribution >= 0.6 is 0 Å². The summed E-state index contributed by atoms with van der Waals surface area (Å²) in [5.74, 6) is 0.985. The van der Waals surface area contributed by atoms with Crippen molar-refractivity contribution in [2.45, 2.75) is 13.2 Å². The number of nitro groups is 2. The van der Waals surface area contributed by atoms with E-state index >= 15 is 0 Å². The van der Waals surface area contributed by atoms with Crippen molar-refractivity contribution in [1.82, 2.24) is 0 Å². The maximum atomic E-state index is 12.8. The number of rotatable bonds is 10. The summed E-state index contributed by atoms with van der Waals surface area (Å²) >= 11 is 0. The predicted molar refractivity (Wildman–Crippen MR) is 131 cm³/mol. The Hall–Kier alpha value is -5.05. The zero-order valence-electron chi connectivity index (χ0n) is 18.9. The number of benzene rings is 4. The quantitative estimate of drug-likeness (QED) is 0.156. The van der Waals surface area contributed by atoms with Crippen molar-refractivity contribution in [3.8, 4) is 11.5 Å². The average Bonchev–Trinajstić information content (AvgIpc) is 2.91. The molecule has 0 N–H and O–H groups in total. The van der Waals surface area contributed by atoms with Crippen LogP contribution in [0.4, 0.5) is 11.4 Å². The summed E-state index contributed by atoms with van der Waals surface area (Å²) in [6, 6.07) is 25.7. The number of ketones is 1. The fourth-order valence-electron chi connectivity index (χ4n) is 3.33.